The minimum absolute atomic E-state index is 0.00894. The normalized spacial score (nSPS) is 10.6. The Morgan fingerprint density at radius 3 is 3.06 bits per heavy atom. The Labute approximate surface area is 103 Å². The summed E-state index contributed by atoms with van der Waals surface area (Å²) in [6.45, 7) is 0.581. The Morgan fingerprint density at radius 2 is 2.29 bits per heavy atom. The number of nitrogens with one attached hydrogen (secondary N) is 1. The molecular formula is C12H14N2O2S. The Bertz CT molecular complexity index is 585. The van der Waals surface area contributed by atoms with E-state index in [-0.39, 0.29) is 11.5 Å². The molecule has 0 aliphatic rings. The van der Waals surface area contributed by atoms with E-state index >= 15 is 0 Å². The highest BCUT2D eigenvalue weighted by Gasteiger charge is 2.04. The second-order valence-corrected chi connectivity index (χ2v) is 4.74. The molecule has 2 aromatic rings. The number of nitrogens with zero attached hydrogens (tertiary/aromatic N) is 1. The molecule has 1 N–H and O–H groups in total. The maximum absolute atomic E-state index is 12.0. The SMILES string of the molecule is CNC(=O)CCCn1ccc2sccc2c1=O. The number of rotatable bonds is 4. The molecule has 0 fully saturated rings. The van der Waals surface area contributed by atoms with Crippen LogP contribution in [-0.4, -0.2) is 17.5 Å². The summed E-state index contributed by atoms with van der Waals surface area (Å²) in [5, 5.41) is 5.25. The van der Waals surface area contributed by atoms with Crippen molar-refractivity contribution >= 4 is 27.3 Å². The summed E-state index contributed by atoms with van der Waals surface area (Å²) >= 11 is 1.57. The molecule has 0 unspecified atom stereocenters. The predicted molar refractivity (Wildman–Crippen MR) is 69.4 cm³/mol. The summed E-state index contributed by atoms with van der Waals surface area (Å²) in [6, 6.07) is 3.79. The predicted octanol–water partition coefficient (Wildman–Crippen LogP) is 1.59. The number of aromatic nitrogens is 1. The van der Waals surface area contributed by atoms with Crippen molar-refractivity contribution in [2.45, 2.75) is 19.4 Å². The fourth-order valence-corrected chi connectivity index (χ4v) is 2.49. The molecule has 17 heavy (non-hydrogen) atoms. The van der Waals surface area contributed by atoms with Gasteiger partial charge in [0.2, 0.25) is 5.91 Å². The third-order valence-electron chi connectivity index (χ3n) is 2.67. The lowest BCUT2D eigenvalue weighted by Crippen LogP contribution is -2.21. The van der Waals surface area contributed by atoms with E-state index in [9.17, 15) is 9.59 Å². The summed E-state index contributed by atoms with van der Waals surface area (Å²) in [5.74, 6) is 0.00894. The smallest absolute Gasteiger partial charge is 0.259 e. The van der Waals surface area contributed by atoms with Crippen LogP contribution in [-0.2, 0) is 11.3 Å². The quantitative estimate of drug-likeness (QED) is 0.896. The van der Waals surface area contributed by atoms with Gasteiger partial charge in [-0.1, -0.05) is 0 Å². The van der Waals surface area contributed by atoms with E-state index in [1.54, 1.807) is 29.1 Å². The summed E-state index contributed by atoms with van der Waals surface area (Å²) in [7, 11) is 1.62. The van der Waals surface area contributed by atoms with Gasteiger partial charge >= 0.3 is 0 Å². The standard InChI is InChI=1S/C12H14N2O2S/c1-13-11(15)3-2-6-14-7-4-10-9(12(14)16)5-8-17-10/h4-5,7-8H,2-3,6H2,1H3,(H,13,15). The van der Waals surface area contributed by atoms with Crippen molar-refractivity contribution in [3.8, 4) is 0 Å². The first-order chi connectivity index (χ1) is 8.22. The second-order valence-electron chi connectivity index (χ2n) is 3.79. The number of carbonyl (C=O) groups is 1. The van der Waals surface area contributed by atoms with Crippen LogP contribution < -0.4 is 10.9 Å². The monoisotopic (exact) mass is 250 g/mol. The number of thiophene rings is 1. The van der Waals surface area contributed by atoms with Crippen LogP contribution in [0.5, 0.6) is 0 Å². The van der Waals surface area contributed by atoms with Crippen molar-refractivity contribution in [3.05, 3.63) is 34.1 Å². The van der Waals surface area contributed by atoms with Crippen LogP contribution in [0.4, 0.5) is 0 Å². The number of hydrogen-bond acceptors (Lipinski definition) is 3. The number of hydrogen-bond donors (Lipinski definition) is 1. The molecule has 0 atom stereocenters. The molecule has 0 bridgehead atoms. The average molecular weight is 250 g/mol. The highest BCUT2D eigenvalue weighted by molar-refractivity contribution is 7.17. The molecule has 2 aromatic heterocycles. The minimum atomic E-state index is 0.00894. The van der Waals surface area contributed by atoms with E-state index in [2.05, 4.69) is 5.32 Å². The lowest BCUT2D eigenvalue weighted by molar-refractivity contribution is -0.120. The molecular weight excluding hydrogens is 236 g/mol. The highest BCUT2D eigenvalue weighted by atomic mass is 32.1. The molecule has 0 radical (unpaired) electrons. The Balaban J connectivity index is 2.11. The van der Waals surface area contributed by atoms with Crippen molar-refractivity contribution in [2.75, 3.05) is 7.05 Å². The van der Waals surface area contributed by atoms with Crippen molar-refractivity contribution < 1.29 is 4.79 Å². The largest absolute Gasteiger partial charge is 0.359 e. The van der Waals surface area contributed by atoms with Crippen LogP contribution in [0.3, 0.4) is 0 Å². The first-order valence-corrected chi connectivity index (χ1v) is 6.37. The molecule has 2 heterocycles. The molecule has 0 aliphatic heterocycles. The number of fused-ring (bicyclic) bond motifs is 1. The summed E-state index contributed by atoms with van der Waals surface area (Å²) < 4.78 is 2.68. The molecule has 4 nitrogen and oxygen atoms in total. The van der Waals surface area contributed by atoms with Crippen LogP contribution in [0, 0.1) is 0 Å². The van der Waals surface area contributed by atoms with Crippen LogP contribution >= 0.6 is 11.3 Å². The lowest BCUT2D eigenvalue weighted by atomic mass is 10.2. The van der Waals surface area contributed by atoms with Crippen molar-refractivity contribution in [2.24, 2.45) is 0 Å². The van der Waals surface area contributed by atoms with Gasteiger partial charge in [-0.15, -0.1) is 11.3 Å². The van der Waals surface area contributed by atoms with Crippen molar-refractivity contribution in [3.63, 3.8) is 0 Å². The van der Waals surface area contributed by atoms with Gasteiger partial charge in [-0.25, -0.2) is 0 Å². The molecule has 0 aliphatic carbocycles. The molecule has 0 saturated heterocycles. The zero-order valence-corrected chi connectivity index (χ0v) is 10.4. The fourth-order valence-electron chi connectivity index (χ4n) is 1.72. The zero-order valence-electron chi connectivity index (χ0n) is 9.60. The van der Waals surface area contributed by atoms with Gasteiger partial charge in [0.1, 0.15) is 0 Å². The molecule has 2 rings (SSSR count). The van der Waals surface area contributed by atoms with Gasteiger partial charge in [-0.05, 0) is 23.9 Å². The first-order valence-electron chi connectivity index (χ1n) is 5.49. The number of amides is 1. The molecule has 90 valence electrons. The molecule has 1 amide bonds. The van der Waals surface area contributed by atoms with E-state index in [0.717, 1.165) is 10.1 Å². The maximum atomic E-state index is 12.0. The van der Waals surface area contributed by atoms with Gasteiger partial charge in [0, 0.05) is 30.9 Å². The number of aryl methyl sites for hydroxylation is 1. The van der Waals surface area contributed by atoms with Gasteiger partial charge in [-0.2, -0.15) is 0 Å². The van der Waals surface area contributed by atoms with Gasteiger partial charge in [0.25, 0.3) is 5.56 Å². The third-order valence-corrected chi connectivity index (χ3v) is 3.56. The average Bonchev–Trinajstić information content (AvgIpc) is 2.81. The third kappa shape index (κ3) is 2.55. The highest BCUT2D eigenvalue weighted by Crippen LogP contribution is 2.16. The summed E-state index contributed by atoms with van der Waals surface area (Å²) in [4.78, 5) is 23.1. The first kappa shape index (κ1) is 11.9. The van der Waals surface area contributed by atoms with Crippen LogP contribution in [0.2, 0.25) is 0 Å². The van der Waals surface area contributed by atoms with E-state index in [1.165, 1.54) is 0 Å². The van der Waals surface area contributed by atoms with Crippen molar-refractivity contribution in [1.29, 1.82) is 0 Å². The molecule has 5 heteroatoms. The molecule has 0 saturated carbocycles. The summed E-state index contributed by atoms with van der Waals surface area (Å²) in [6.07, 6.45) is 2.92. The van der Waals surface area contributed by atoms with Gasteiger partial charge < -0.3 is 9.88 Å². The van der Waals surface area contributed by atoms with Crippen LogP contribution in [0.1, 0.15) is 12.8 Å². The zero-order chi connectivity index (χ0) is 12.3. The summed E-state index contributed by atoms with van der Waals surface area (Å²) in [5.41, 5.74) is 0.0284. The Kier molecular flexibility index (Phi) is 3.58. The van der Waals surface area contributed by atoms with Gasteiger partial charge in [0.05, 0.1) is 5.39 Å². The Morgan fingerprint density at radius 1 is 1.47 bits per heavy atom. The lowest BCUT2D eigenvalue weighted by Gasteiger charge is -2.05. The molecule has 0 aromatic carbocycles. The van der Waals surface area contributed by atoms with E-state index in [0.29, 0.717) is 19.4 Å². The van der Waals surface area contributed by atoms with Crippen molar-refractivity contribution in [1.82, 2.24) is 9.88 Å². The minimum Gasteiger partial charge on any atom is -0.359 e. The maximum Gasteiger partial charge on any atom is 0.259 e. The number of carbonyl (C=O) groups excluding carboxylic acids is 1. The topological polar surface area (TPSA) is 51.1 Å². The second kappa shape index (κ2) is 5.14. The van der Waals surface area contributed by atoms with E-state index in [4.69, 9.17) is 0 Å². The van der Waals surface area contributed by atoms with E-state index < -0.39 is 0 Å². The van der Waals surface area contributed by atoms with Gasteiger partial charge in [0.15, 0.2) is 0 Å². The molecule has 0 spiro atoms. The fraction of sp³-hybridized carbons (Fsp3) is 0.333. The van der Waals surface area contributed by atoms with Gasteiger partial charge in [-0.3, -0.25) is 9.59 Å². The number of pyridine rings is 1. The van der Waals surface area contributed by atoms with Crippen LogP contribution in [0.15, 0.2) is 28.5 Å². The van der Waals surface area contributed by atoms with E-state index in [1.807, 2.05) is 17.5 Å². The Hall–Kier alpha value is -1.62. The van der Waals surface area contributed by atoms with Crippen LogP contribution in [0.25, 0.3) is 10.1 Å².